The molecule has 18 heavy (non-hydrogen) atoms. The van der Waals surface area contributed by atoms with Crippen molar-refractivity contribution in [1.29, 1.82) is 0 Å². The number of rotatable bonds is 7. The second-order valence-corrected chi connectivity index (χ2v) is 4.23. The van der Waals surface area contributed by atoms with Gasteiger partial charge in [0.15, 0.2) is 0 Å². The van der Waals surface area contributed by atoms with E-state index in [0.29, 0.717) is 17.9 Å². The molecular weight excluding hydrogens is 233 g/mol. The van der Waals surface area contributed by atoms with E-state index < -0.39 is 6.10 Å². The lowest BCUT2D eigenvalue weighted by atomic mass is 10.1. The van der Waals surface area contributed by atoms with Crippen molar-refractivity contribution < 1.29 is 14.2 Å². The van der Waals surface area contributed by atoms with Gasteiger partial charge >= 0.3 is 0 Å². The molecule has 0 spiro atoms. The zero-order valence-corrected chi connectivity index (χ0v) is 11.3. The normalized spacial score (nSPS) is 12.8. The Labute approximate surface area is 108 Å². The van der Waals surface area contributed by atoms with Crippen LogP contribution >= 0.6 is 0 Å². The first-order valence-electron chi connectivity index (χ1n) is 6.41. The Balaban J connectivity index is 2.63. The molecular formula is C14H22FNO2. The summed E-state index contributed by atoms with van der Waals surface area (Å²) in [6.07, 6.45) is -0.658. The van der Waals surface area contributed by atoms with Crippen LogP contribution in [-0.2, 0) is 0 Å². The van der Waals surface area contributed by atoms with Gasteiger partial charge in [0.2, 0.25) is 0 Å². The van der Waals surface area contributed by atoms with E-state index in [1.807, 2.05) is 0 Å². The van der Waals surface area contributed by atoms with Gasteiger partial charge in [0.25, 0.3) is 0 Å². The van der Waals surface area contributed by atoms with Gasteiger partial charge in [-0.3, -0.25) is 0 Å². The average Bonchev–Trinajstić information content (AvgIpc) is 2.34. The lowest BCUT2D eigenvalue weighted by Crippen LogP contribution is -2.28. The molecule has 1 atom stereocenters. The molecule has 0 amide bonds. The van der Waals surface area contributed by atoms with Crippen molar-refractivity contribution in [3.05, 3.63) is 29.6 Å². The molecule has 1 N–H and O–H groups in total. The lowest BCUT2D eigenvalue weighted by molar-refractivity contribution is 0.184. The Morgan fingerprint density at radius 3 is 2.56 bits per heavy atom. The number of benzene rings is 1. The van der Waals surface area contributed by atoms with E-state index in [-0.39, 0.29) is 5.82 Å². The molecule has 3 nitrogen and oxygen atoms in total. The number of likely N-dealkylation sites (N-methyl/N-ethyl adjacent to an activating group) is 1. The Kier molecular flexibility index (Phi) is 6.09. The van der Waals surface area contributed by atoms with E-state index in [2.05, 4.69) is 18.7 Å². The van der Waals surface area contributed by atoms with Crippen molar-refractivity contribution in [3.8, 4) is 5.75 Å². The summed E-state index contributed by atoms with van der Waals surface area (Å²) in [5.41, 5.74) is 0.621. The van der Waals surface area contributed by atoms with Crippen LogP contribution in [-0.4, -0.2) is 36.2 Å². The van der Waals surface area contributed by atoms with Gasteiger partial charge in [-0.1, -0.05) is 13.8 Å². The Bertz CT molecular complexity index is 365. The van der Waals surface area contributed by atoms with Crippen LogP contribution in [0, 0.1) is 5.82 Å². The predicted molar refractivity (Wildman–Crippen MR) is 70.3 cm³/mol. The van der Waals surface area contributed by atoms with E-state index in [1.54, 1.807) is 13.0 Å². The zero-order chi connectivity index (χ0) is 13.5. The maximum Gasteiger partial charge on any atom is 0.128 e. The van der Waals surface area contributed by atoms with Crippen LogP contribution in [0.3, 0.4) is 0 Å². The molecule has 1 aromatic carbocycles. The molecule has 0 fully saturated rings. The average molecular weight is 255 g/mol. The summed E-state index contributed by atoms with van der Waals surface area (Å²) >= 11 is 0. The zero-order valence-electron chi connectivity index (χ0n) is 11.3. The molecule has 0 aliphatic rings. The lowest BCUT2D eigenvalue weighted by Gasteiger charge is -2.19. The van der Waals surface area contributed by atoms with Gasteiger partial charge in [-0.25, -0.2) is 4.39 Å². The van der Waals surface area contributed by atoms with Crippen LogP contribution in [0.15, 0.2) is 18.2 Å². The molecule has 4 heteroatoms. The summed E-state index contributed by atoms with van der Waals surface area (Å²) < 4.78 is 18.7. The van der Waals surface area contributed by atoms with Gasteiger partial charge in [0, 0.05) is 18.2 Å². The number of aliphatic hydroxyl groups is 1. The topological polar surface area (TPSA) is 32.7 Å². The molecule has 1 aromatic rings. The molecule has 0 aliphatic heterocycles. The largest absolute Gasteiger partial charge is 0.492 e. The molecule has 0 aromatic heterocycles. The minimum absolute atomic E-state index is 0.350. The Morgan fingerprint density at radius 2 is 2.00 bits per heavy atom. The van der Waals surface area contributed by atoms with E-state index in [1.165, 1.54) is 12.1 Å². The van der Waals surface area contributed by atoms with Gasteiger partial charge in [-0.05, 0) is 32.1 Å². The van der Waals surface area contributed by atoms with Crippen LogP contribution < -0.4 is 4.74 Å². The van der Waals surface area contributed by atoms with Crippen molar-refractivity contribution in [2.45, 2.75) is 26.9 Å². The molecule has 1 rings (SSSR count). The van der Waals surface area contributed by atoms with E-state index in [9.17, 15) is 9.50 Å². The standard InChI is InChI=1S/C14H22FNO2/c1-4-16(5-2)8-9-18-14-10-12(15)6-7-13(14)11(3)17/h6-7,10-11,17H,4-5,8-9H2,1-3H3. The minimum Gasteiger partial charge on any atom is -0.492 e. The quantitative estimate of drug-likeness (QED) is 0.813. The molecule has 0 saturated carbocycles. The molecule has 0 aliphatic carbocycles. The smallest absolute Gasteiger partial charge is 0.128 e. The van der Waals surface area contributed by atoms with Gasteiger partial charge < -0.3 is 14.7 Å². The van der Waals surface area contributed by atoms with Crippen molar-refractivity contribution >= 4 is 0 Å². The van der Waals surface area contributed by atoms with E-state index in [0.717, 1.165) is 19.6 Å². The fourth-order valence-corrected chi connectivity index (χ4v) is 1.80. The summed E-state index contributed by atoms with van der Waals surface area (Å²) in [6.45, 7) is 9.04. The van der Waals surface area contributed by atoms with Crippen molar-refractivity contribution in [3.63, 3.8) is 0 Å². The minimum atomic E-state index is -0.658. The molecule has 1 unspecified atom stereocenters. The number of hydrogen-bond acceptors (Lipinski definition) is 3. The van der Waals surface area contributed by atoms with Crippen LogP contribution in [0.25, 0.3) is 0 Å². The molecule has 0 heterocycles. The highest BCUT2D eigenvalue weighted by atomic mass is 19.1. The number of halogens is 1. The monoisotopic (exact) mass is 255 g/mol. The van der Waals surface area contributed by atoms with Gasteiger partial charge in [0.1, 0.15) is 18.2 Å². The number of hydrogen-bond donors (Lipinski definition) is 1. The van der Waals surface area contributed by atoms with Crippen molar-refractivity contribution in [2.75, 3.05) is 26.2 Å². The van der Waals surface area contributed by atoms with Gasteiger partial charge in [-0.15, -0.1) is 0 Å². The summed E-state index contributed by atoms with van der Waals surface area (Å²) in [7, 11) is 0. The highest BCUT2D eigenvalue weighted by molar-refractivity contribution is 5.35. The summed E-state index contributed by atoms with van der Waals surface area (Å²) in [5, 5.41) is 9.58. The third-order valence-electron chi connectivity index (χ3n) is 2.99. The van der Waals surface area contributed by atoms with Crippen molar-refractivity contribution in [2.24, 2.45) is 0 Å². The highest BCUT2D eigenvalue weighted by Crippen LogP contribution is 2.25. The maximum absolute atomic E-state index is 13.2. The first kappa shape index (κ1) is 14.9. The van der Waals surface area contributed by atoms with Crippen LogP contribution in [0.4, 0.5) is 4.39 Å². The third kappa shape index (κ3) is 4.27. The number of ether oxygens (including phenoxy) is 1. The highest BCUT2D eigenvalue weighted by Gasteiger charge is 2.10. The first-order chi connectivity index (χ1) is 8.58. The SMILES string of the molecule is CCN(CC)CCOc1cc(F)ccc1C(C)O. The van der Waals surface area contributed by atoms with Gasteiger partial charge in [-0.2, -0.15) is 0 Å². The van der Waals surface area contributed by atoms with E-state index >= 15 is 0 Å². The third-order valence-corrected chi connectivity index (χ3v) is 2.99. The fourth-order valence-electron chi connectivity index (χ4n) is 1.80. The first-order valence-corrected chi connectivity index (χ1v) is 6.41. The molecule has 0 radical (unpaired) electrons. The molecule has 102 valence electrons. The second-order valence-electron chi connectivity index (χ2n) is 4.23. The molecule has 0 bridgehead atoms. The molecule has 0 saturated heterocycles. The number of aliphatic hydroxyl groups excluding tert-OH is 1. The predicted octanol–water partition coefficient (Wildman–Crippen LogP) is 2.60. The van der Waals surface area contributed by atoms with E-state index in [4.69, 9.17) is 4.74 Å². The van der Waals surface area contributed by atoms with Crippen LogP contribution in [0.1, 0.15) is 32.4 Å². The fraction of sp³-hybridized carbons (Fsp3) is 0.571. The second kappa shape index (κ2) is 7.34. The Hall–Kier alpha value is -1.13. The summed E-state index contributed by atoms with van der Waals surface area (Å²) in [4.78, 5) is 2.22. The summed E-state index contributed by atoms with van der Waals surface area (Å²) in [6, 6.07) is 4.22. The Morgan fingerprint density at radius 1 is 1.33 bits per heavy atom. The maximum atomic E-state index is 13.2. The summed E-state index contributed by atoms with van der Waals surface area (Å²) in [5.74, 6) is 0.0781. The number of nitrogens with zero attached hydrogens (tertiary/aromatic N) is 1. The van der Waals surface area contributed by atoms with Crippen molar-refractivity contribution in [1.82, 2.24) is 4.90 Å². The van der Waals surface area contributed by atoms with Crippen LogP contribution in [0.5, 0.6) is 5.75 Å². The van der Waals surface area contributed by atoms with Gasteiger partial charge in [0.05, 0.1) is 6.10 Å². The van der Waals surface area contributed by atoms with Crippen LogP contribution in [0.2, 0.25) is 0 Å².